The molecule has 0 saturated carbocycles. The minimum atomic E-state index is -3.86. The number of carboxylic acids is 1. The number of rotatable bonds is 4. The number of nitrogens with one attached hydrogen (secondary N) is 1. The van der Waals surface area contributed by atoms with Crippen LogP contribution < -0.4 is 9.83 Å². The maximum absolute atomic E-state index is 12.2. The minimum absolute atomic E-state index is 0.134. The van der Waals surface area contributed by atoms with Gasteiger partial charge in [-0.3, -0.25) is 4.72 Å². The third-order valence-electron chi connectivity index (χ3n) is 2.79. The van der Waals surface area contributed by atoms with Crippen molar-refractivity contribution >= 4 is 37.6 Å². The highest BCUT2D eigenvalue weighted by molar-refractivity contribution is 9.10. The van der Waals surface area contributed by atoms with Crippen LogP contribution in [0.25, 0.3) is 0 Å². The number of benzene rings is 2. The minimum Gasteiger partial charge on any atom is -0.545 e. The van der Waals surface area contributed by atoms with Gasteiger partial charge in [-0.15, -0.1) is 0 Å². The summed E-state index contributed by atoms with van der Waals surface area (Å²) in [6, 6.07) is 10.0. The number of anilines is 1. The van der Waals surface area contributed by atoms with Crippen molar-refractivity contribution in [3.05, 3.63) is 58.1 Å². The smallest absolute Gasteiger partial charge is 0.261 e. The zero-order chi connectivity index (χ0) is 15.6. The summed E-state index contributed by atoms with van der Waals surface area (Å²) in [4.78, 5) is 10.7. The molecule has 110 valence electrons. The molecule has 0 bridgehead atoms. The van der Waals surface area contributed by atoms with Crippen LogP contribution in [0.5, 0.6) is 0 Å². The predicted octanol–water partition coefficient (Wildman–Crippen LogP) is 1.92. The molecule has 1 N–H and O–H groups in total. The number of aryl methyl sites for hydroxylation is 1. The fourth-order valence-corrected chi connectivity index (χ4v) is 3.05. The van der Waals surface area contributed by atoms with Crippen molar-refractivity contribution in [3.8, 4) is 0 Å². The summed E-state index contributed by atoms with van der Waals surface area (Å²) in [5.41, 5.74) is 1.08. The van der Waals surface area contributed by atoms with Gasteiger partial charge in [0.15, 0.2) is 0 Å². The van der Waals surface area contributed by atoms with Crippen LogP contribution in [-0.2, 0) is 10.0 Å². The van der Waals surface area contributed by atoms with Gasteiger partial charge in [0.2, 0.25) is 0 Å². The zero-order valence-corrected chi connectivity index (χ0v) is 13.4. The van der Waals surface area contributed by atoms with E-state index >= 15 is 0 Å². The molecule has 0 heterocycles. The number of carbonyl (C=O) groups is 1. The summed E-state index contributed by atoms with van der Waals surface area (Å²) < 4.78 is 27.7. The van der Waals surface area contributed by atoms with Crippen LogP contribution in [0.1, 0.15) is 15.9 Å². The van der Waals surface area contributed by atoms with Crippen LogP contribution >= 0.6 is 15.9 Å². The van der Waals surface area contributed by atoms with Gasteiger partial charge < -0.3 is 9.90 Å². The Morgan fingerprint density at radius 3 is 2.52 bits per heavy atom. The number of sulfonamides is 1. The van der Waals surface area contributed by atoms with Crippen molar-refractivity contribution in [1.29, 1.82) is 0 Å². The van der Waals surface area contributed by atoms with Crippen LogP contribution in [-0.4, -0.2) is 14.4 Å². The Labute approximate surface area is 130 Å². The van der Waals surface area contributed by atoms with Crippen molar-refractivity contribution in [2.24, 2.45) is 0 Å². The third kappa shape index (κ3) is 3.62. The normalized spacial score (nSPS) is 11.1. The fourth-order valence-electron chi connectivity index (χ4n) is 1.71. The molecule has 0 atom stereocenters. The molecule has 0 amide bonds. The molecule has 0 fully saturated rings. The first-order valence-corrected chi connectivity index (χ1v) is 8.17. The molecule has 0 aliphatic carbocycles. The van der Waals surface area contributed by atoms with Gasteiger partial charge in [-0.25, -0.2) is 8.42 Å². The van der Waals surface area contributed by atoms with Gasteiger partial charge in [0.05, 0.1) is 10.9 Å². The molecule has 21 heavy (non-hydrogen) atoms. The van der Waals surface area contributed by atoms with Gasteiger partial charge >= 0.3 is 0 Å². The number of hydrogen-bond donors (Lipinski definition) is 1. The molecule has 0 aliphatic rings. The van der Waals surface area contributed by atoms with E-state index in [1.54, 1.807) is 18.2 Å². The highest BCUT2D eigenvalue weighted by atomic mass is 79.9. The SMILES string of the molecule is Cc1cc(NS(=O)(=O)c2cccc(C(=O)[O-])c2)ccc1Br. The predicted molar refractivity (Wildman–Crippen MR) is 80.5 cm³/mol. The quantitative estimate of drug-likeness (QED) is 0.892. The molecule has 0 radical (unpaired) electrons. The second kappa shape index (κ2) is 5.87. The van der Waals surface area contributed by atoms with Crippen LogP contribution in [0, 0.1) is 6.92 Å². The van der Waals surface area contributed by atoms with Crippen molar-refractivity contribution in [2.75, 3.05) is 4.72 Å². The Balaban J connectivity index is 2.36. The Morgan fingerprint density at radius 2 is 1.90 bits per heavy atom. The van der Waals surface area contributed by atoms with Crippen molar-refractivity contribution in [2.45, 2.75) is 11.8 Å². The van der Waals surface area contributed by atoms with Crippen LogP contribution in [0.2, 0.25) is 0 Å². The fraction of sp³-hybridized carbons (Fsp3) is 0.0714. The second-order valence-electron chi connectivity index (χ2n) is 4.38. The Hall–Kier alpha value is -1.86. The lowest BCUT2D eigenvalue weighted by Crippen LogP contribution is -2.23. The van der Waals surface area contributed by atoms with Crippen molar-refractivity contribution in [3.63, 3.8) is 0 Å². The van der Waals surface area contributed by atoms with Crippen molar-refractivity contribution in [1.82, 2.24) is 0 Å². The van der Waals surface area contributed by atoms with Crippen LogP contribution in [0.3, 0.4) is 0 Å². The number of halogens is 1. The Kier molecular flexibility index (Phi) is 4.34. The highest BCUT2D eigenvalue weighted by Gasteiger charge is 2.15. The molecule has 5 nitrogen and oxygen atoms in total. The molecular weight excluding hydrogens is 358 g/mol. The van der Waals surface area contributed by atoms with Crippen LogP contribution in [0.15, 0.2) is 51.8 Å². The second-order valence-corrected chi connectivity index (χ2v) is 6.92. The van der Waals surface area contributed by atoms with E-state index in [9.17, 15) is 18.3 Å². The first-order valence-electron chi connectivity index (χ1n) is 5.90. The number of hydrogen-bond acceptors (Lipinski definition) is 4. The molecule has 0 aromatic heterocycles. The maximum Gasteiger partial charge on any atom is 0.261 e. The molecule has 0 spiro atoms. The monoisotopic (exact) mass is 368 g/mol. The van der Waals surface area contributed by atoms with Gasteiger partial charge in [0, 0.05) is 10.2 Å². The van der Waals surface area contributed by atoms with E-state index in [0.29, 0.717) is 5.69 Å². The molecule has 0 aliphatic heterocycles. The van der Waals surface area contributed by atoms with E-state index in [1.807, 2.05) is 6.92 Å². The summed E-state index contributed by atoms with van der Waals surface area (Å²) in [7, 11) is -3.86. The number of carbonyl (C=O) groups excluding carboxylic acids is 1. The van der Waals surface area contributed by atoms with E-state index in [0.717, 1.165) is 16.1 Å². The summed E-state index contributed by atoms with van der Waals surface area (Å²) >= 11 is 3.33. The summed E-state index contributed by atoms with van der Waals surface area (Å²) in [6.07, 6.45) is 0. The van der Waals surface area contributed by atoms with E-state index in [4.69, 9.17) is 0 Å². The lowest BCUT2D eigenvalue weighted by atomic mass is 10.2. The van der Waals surface area contributed by atoms with E-state index in [1.165, 1.54) is 18.2 Å². The first-order chi connectivity index (χ1) is 9.79. The first kappa shape index (κ1) is 15.5. The van der Waals surface area contributed by atoms with Gasteiger partial charge in [-0.1, -0.05) is 28.1 Å². The maximum atomic E-state index is 12.2. The molecule has 7 heteroatoms. The van der Waals surface area contributed by atoms with Gasteiger partial charge in [-0.05, 0) is 48.4 Å². The van der Waals surface area contributed by atoms with Crippen molar-refractivity contribution < 1.29 is 18.3 Å². The Morgan fingerprint density at radius 1 is 1.19 bits per heavy atom. The summed E-state index contributed by atoms with van der Waals surface area (Å²) in [5.74, 6) is -1.42. The molecular formula is C14H11BrNO4S-. The lowest BCUT2D eigenvalue weighted by Gasteiger charge is -2.11. The van der Waals surface area contributed by atoms with Gasteiger partial charge in [0.25, 0.3) is 10.0 Å². The Bertz CT molecular complexity index is 802. The molecule has 2 rings (SSSR count). The summed E-state index contributed by atoms with van der Waals surface area (Å²) in [5, 5.41) is 10.8. The average molecular weight is 369 g/mol. The molecule has 2 aromatic carbocycles. The van der Waals surface area contributed by atoms with E-state index in [-0.39, 0.29) is 10.5 Å². The number of carboxylic acid groups (broad SMARTS) is 1. The standard InChI is InChI=1S/C14H12BrNO4S/c1-9-7-11(5-6-13(9)15)16-21(19,20)12-4-2-3-10(8-12)14(17)18/h2-8,16H,1H3,(H,17,18)/p-1. The largest absolute Gasteiger partial charge is 0.545 e. The van der Waals surface area contributed by atoms with E-state index < -0.39 is 16.0 Å². The average Bonchev–Trinajstić information content (AvgIpc) is 2.43. The van der Waals surface area contributed by atoms with Gasteiger partial charge in [-0.2, -0.15) is 0 Å². The zero-order valence-electron chi connectivity index (χ0n) is 11.0. The molecule has 0 unspecified atom stereocenters. The third-order valence-corrected chi connectivity index (χ3v) is 5.06. The van der Waals surface area contributed by atoms with Gasteiger partial charge in [0.1, 0.15) is 0 Å². The van der Waals surface area contributed by atoms with Crippen LogP contribution in [0.4, 0.5) is 5.69 Å². The van der Waals surface area contributed by atoms with E-state index in [2.05, 4.69) is 20.7 Å². The number of aromatic carboxylic acids is 1. The topological polar surface area (TPSA) is 86.3 Å². The molecule has 2 aromatic rings. The summed E-state index contributed by atoms with van der Waals surface area (Å²) in [6.45, 7) is 1.83. The highest BCUT2D eigenvalue weighted by Crippen LogP contribution is 2.22. The lowest BCUT2D eigenvalue weighted by molar-refractivity contribution is -0.255. The molecule has 0 saturated heterocycles.